The summed E-state index contributed by atoms with van der Waals surface area (Å²) in [6, 6.07) is 10.1. The van der Waals surface area contributed by atoms with E-state index in [0.717, 1.165) is 67.8 Å². The van der Waals surface area contributed by atoms with E-state index in [1.807, 2.05) is 22.9 Å². The molecule has 26 heavy (non-hydrogen) atoms. The molecule has 1 amide bonds. The van der Waals surface area contributed by atoms with Crippen molar-refractivity contribution < 1.29 is 9.53 Å². The molecule has 2 fully saturated rings. The van der Waals surface area contributed by atoms with E-state index in [1.54, 1.807) is 0 Å². The van der Waals surface area contributed by atoms with Gasteiger partial charge in [-0.3, -0.25) is 4.79 Å². The van der Waals surface area contributed by atoms with Crippen molar-refractivity contribution in [3.8, 4) is 5.69 Å². The maximum absolute atomic E-state index is 13.1. The van der Waals surface area contributed by atoms with Crippen LogP contribution in [-0.2, 0) is 11.2 Å². The maximum Gasteiger partial charge on any atom is 0.255 e. The van der Waals surface area contributed by atoms with Gasteiger partial charge >= 0.3 is 0 Å². The lowest BCUT2D eigenvalue weighted by Gasteiger charge is -2.12. The van der Waals surface area contributed by atoms with Gasteiger partial charge in [-0.15, -0.1) is 0 Å². The molecule has 1 aromatic heterocycles. The quantitative estimate of drug-likeness (QED) is 0.827. The molecule has 2 heterocycles. The second-order valence-corrected chi connectivity index (χ2v) is 7.32. The van der Waals surface area contributed by atoms with E-state index in [1.165, 1.54) is 0 Å². The second-order valence-electron chi connectivity index (χ2n) is 7.32. The summed E-state index contributed by atoms with van der Waals surface area (Å²) < 4.78 is 7.63. The summed E-state index contributed by atoms with van der Waals surface area (Å²) in [7, 11) is 0. The highest BCUT2D eigenvalue weighted by Crippen LogP contribution is 2.42. The van der Waals surface area contributed by atoms with Gasteiger partial charge < -0.3 is 10.1 Å². The number of hydrogen-bond donors (Lipinski definition) is 1. The smallest absolute Gasteiger partial charge is 0.255 e. The lowest BCUT2D eigenvalue weighted by molar-refractivity contribution is 0.0856. The van der Waals surface area contributed by atoms with Crippen molar-refractivity contribution in [1.82, 2.24) is 15.1 Å². The number of aromatic nitrogens is 2. The number of nitrogens with one attached hydrogen (secondary N) is 1. The summed E-state index contributed by atoms with van der Waals surface area (Å²) in [5.41, 5.74) is 3.83. The molecular weight excluding hydrogens is 326 g/mol. The monoisotopic (exact) mass is 353 g/mol. The van der Waals surface area contributed by atoms with Gasteiger partial charge in [0, 0.05) is 19.1 Å². The fraction of sp³-hybridized carbons (Fsp3) is 0.524. The van der Waals surface area contributed by atoms with Crippen LogP contribution in [0.3, 0.4) is 0 Å². The predicted octanol–water partition coefficient (Wildman–Crippen LogP) is 3.61. The Morgan fingerprint density at radius 1 is 1.27 bits per heavy atom. The van der Waals surface area contributed by atoms with Crippen LogP contribution in [-0.4, -0.2) is 34.9 Å². The Hall–Kier alpha value is -2.14. The average molecular weight is 353 g/mol. The Kier molecular flexibility index (Phi) is 5.07. The van der Waals surface area contributed by atoms with Gasteiger partial charge in [-0.25, -0.2) is 4.68 Å². The van der Waals surface area contributed by atoms with Crippen LogP contribution >= 0.6 is 0 Å². The Balaban J connectivity index is 1.66. The lowest BCUT2D eigenvalue weighted by Crippen LogP contribution is -2.32. The fourth-order valence-corrected chi connectivity index (χ4v) is 3.71. The van der Waals surface area contributed by atoms with Crippen LogP contribution in [0.15, 0.2) is 30.3 Å². The predicted molar refractivity (Wildman–Crippen MR) is 101 cm³/mol. The zero-order chi connectivity index (χ0) is 17.9. The van der Waals surface area contributed by atoms with E-state index in [9.17, 15) is 4.79 Å². The van der Waals surface area contributed by atoms with Gasteiger partial charge in [0.25, 0.3) is 5.91 Å². The number of rotatable bonds is 7. The van der Waals surface area contributed by atoms with Crippen molar-refractivity contribution in [2.24, 2.45) is 0 Å². The minimum Gasteiger partial charge on any atom is -0.376 e. The summed E-state index contributed by atoms with van der Waals surface area (Å²) in [4.78, 5) is 13.1. The van der Waals surface area contributed by atoms with Gasteiger partial charge in [-0.05, 0) is 44.2 Å². The maximum atomic E-state index is 13.1. The number of hydrogen-bond acceptors (Lipinski definition) is 3. The van der Waals surface area contributed by atoms with Crippen molar-refractivity contribution in [2.75, 3.05) is 13.2 Å². The van der Waals surface area contributed by atoms with Crippen LogP contribution in [0.5, 0.6) is 0 Å². The molecule has 1 N–H and O–H groups in total. The first-order chi connectivity index (χ1) is 12.8. The zero-order valence-electron chi connectivity index (χ0n) is 15.4. The van der Waals surface area contributed by atoms with E-state index in [-0.39, 0.29) is 12.0 Å². The summed E-state index contributed by atoms with van der Waals surface area (Å²) >= 11 is 0. The molecule has 138 valence electrons. The average Bonchev–Trinajstić information content (AvgIpc) is 3.24. The van der Waals surface area contributed by atoms with E-state index >= 15 is 0 Å². The summed E-state index contributed by atoms with van der Waals surface area (Å²) in [5, 5.41) is 8.00. The number of ether oxygens (including phenoxy) is 1. The van der Waals surface area contributed by atoms with Crippen molar-refractivity contribution in [3.63, 3.8) is 0 Å². The number of carbonyl (C=O) groups is 1. The van der Waals surface area contributed by atoms with Crippen LogP contribution in [0.25, 0.3) is 5.69 Å². The first kappa shape index (κ1) is 17.3. The molecule has 4 rings (SSSR count). The SMILES string of the molecule is CCCc1c(C(=O)NCC2CCCO2)c(C2CC2)nn1-c1ccccc1. The molecular formula is C21H27N3O2. The molecule has 1 aliphatic heterocycles. The highest BCUT2D eigenvalue weighted by atomic mass is 16.5. The van der Waals surface area contributed by atoms with Crippen LogP contribution in [0.1, 0.15) is 66.7 Å². The molecule has 5 nitrogen and oxygen atoms in total. The molecule has 2 aliphatic rings. The van der Waals surface area contributed by atoms with Crippen molar-refractivity contribution in [3.05, 3.63) is 47.3 Å². The lowest BCUT2D eigenvalue weighted by atomic mass is 10.1. The van der Waals surface area contributed by atoms with Gasteiger partial charge in [0.15, 0.2) is 0 Å². The minimum atomic E-state index is 0.00744. The Bertz CT molecular complexity index is 759. The molecule has 5 heteroatoms. The van der Waals surface area contributed by atoms with Gasteiger partial charge in [0.2, 0.25) is 0 Å². The number of carbonyl (C=O) groups excluding carboxylic acids is 1. The Labute approximate surface area is 154 Å². The Morgan fingerprint density at radius 2 is 2.08 bits per heavy atom. The molecule has 1 saturated heterocycles. The standard InChI is InChI=1S/C21H27N3O2/c1-2-7-18-19(21(25)22-14-17-10-6-13-26-17)20(15-11-12-15)23-24(18)16-8-4-3-5-9-16/h3-5,8-9,15,17H,2,6-7,10-14H2,1H3,(H,22,25). The van der Waals surface area contributed by atoms with E-state index in [0.29, 0.717) is 12.5 Å². The second kappa shape index (κ2) is 7.62. The van der Waals surface area contributed by atoms with Gasteiger partial charge in [-0.2, -0.15) is 5.10 Å². The highest BCUT2D eigenvalue weighted by Gasteiger charge is 2.34. The molecule has 1 aliphatic carbocycles. The molecule has 0 radical (unpaired) electrons. The molecule has 1 atom stereocenters. The zero-order valence-corrected chi connectivity index (χ0v) is 15.4. The molecule has 1 aromatic carbocycles. The van der Waals surface area contributed by atoms with Gasteiger partial charge in [0.05, 0.1) is 28.7 Å². The fourth-order valence-electron chi connectivity index (χ4n) is 3.71. The van der Waals surface area contributed by atoms with Crippen LogP contribution in [0.2, 0.25) is 0 Å². The third kappa shape index (κ3) is 3.54. The topological polar surface area (TPSA) is 56.1 Å². The van der Waals surface area contributed by atoms with Crippen molar-refractivity contribution >= 4 is 5.91 Å². The third-order valence-corrected chi connectivity index (χ3v) is 5.20. The first-order valence-corrected chi connectivity index (χ1v) is 9.85. The minimum absolute atomic E-state index is 0.00744. The molecule has 2 aromatic rings. The molecule has 0 bridgehead atoms. The molecule has 1 unspecified atom stereocenters. The molecule has 1 saturated carbocycles. The van der Waals surface area contributed by atoms with E-state index < -0.39 is 0 Å². The largest absolute Gasteiger partial charge is 0.376 e. The van der Waals surface area contributed by atoms with E-state index in [2.05, 4.69) is 24.4 Å². The Morgan fingerprint density at radius 3 is 2.73 bits per heavy atom. The number of nitrogens with zero attached hydrogens (tertiary/aromatic N) is 2. The highest BCUT2D eigenvalue weighted by molar-refractivity contribution is 5.97. The number of benzene rings is 1. The van der Waals surface area contributed by atoms with Crippen molar-refractivity contribution in [1.29, 1.82) is 0 Å². The first-order valence-electron chi connectivity index (χ1n) is 9.85. The van der Waals surface area contributed by atoms with Crippen LogP contribution in [0, 0.1) is 0 Å². The number of amides is 1. The normalized spacial score (nSPS) is 19.7. The van der Waals surface area contributed by atoms with Gasteiger partial charge in [0.1, 0.15) is 0 Å². The van der Waals surface area contributed by atoms with Crippen molar-refractivity contribution in [2.45, 2.75) is 57.5 Å². The van der Waals surface area contributed by atoms with Gasteiger partial charge in [-0.1, -0.05) is 31.5 Å². The van der Waals surface area contributed by atoms with Crippen LogP contribution in [0.4, 0.5) is 0 Å². The number of para-hydroxylation sites is 1. The van der Waals surface area contributed by atoms with E-state index in [4.69, 9.17) is 9.84 Å². The molecule has 0 spiro atoms. The van der Waals surface area contributed by atoms with Crippen LogP contribution < -0.4 is 5.32 Å². The summed E-state index contributed by atoms with van der Waals surface area (Å²) in [5.74, 6) is 0.437. The summed E-state index contributed by atoms with van der Waals surface area (Å²) in [6.07, 6.45) is 6.35. The third-order valence-electron chi connectivity index (χ3n) is 5.20. The summed E-state index contributed by atoms with van der Waals surface area (Å²) in [6.45, 7) is 3.54.